The molecule has 1 aliphatic rings. The van der Waals surface area contributed by atoms with E-state index in [1.807, 2.05) is 16.8 Å². The molecule has 0 aliphatic carbocycles. The second kappa shape index (κ2) is 9.36. The van der Waals surface area contributed by atoms with Crippen molar-refractivity contribution in [2.24, 2.45) is 0 Å². The second-order valence-electron chi connectivity index (χ2n) is 5.72. The van der Waals surface area contributed by atoms with E-state index in [0.29, 0.717) is 11.5 Å². The van der Waals surface area contributed by atoms with Crippen LogP contribution in [-0.2, 0) is 20.9 Å². The number of amides is 2. The predicted molar refractivity (Wildman–Crippen MR) is 97.5 cm³/mol. The lowest BCUT2D eigenvalue weighted by atomic mass is 10.2. The number of aliphatic hydroxyl groups is 1. The van der Waals surface area contributed by atoms with Gasteiger partial charge in [-0.3, -0.25) is 9.59 Å². The van der Waals surface area contributed by atoms with Gasteiger partial charge in [0.05, 0.1) is 13.2 Å². The molecule has 2 amide bonds. The van der Waals surface area contributed by atoms with Crippen molar-refractivity contribution in [1.82, 2.24) is 10.6 Å². The number of thiophene rings is 1. The number of benzene rings is 1. The average Bonchev–Trinajstić information content (AvgIpc) is 3.37. The summed E-state index contributed by atoms with van der Waals surface area (Å²) in [6, 6.07) is 7.18. The average molecular weight is 392 g/mol. The maximum Gasteiger partial charge on any atom is 0.309 e. The summed E-state index contributed by atoms with van der Waals surface area (Å²) in [7, 11) is 0. The van der Waals surface area contributed by atoms with Gasteiger partial charge in [0.1, 0.15) is 6.10 Å². The molecule has 3 N–H and O–H groups in total. The van der Waals surface area contributed by atoms with Crippen LogP contribution in [0.2, 0.25) is 0 Å². The smallest absolute Gasteiger partial charge is 0.309 e. The molecule has 0 saturated carbocycles. The Morgan fingerprint density at radius 3 is 2.78 bits per heavy atom. The van der Waals surface area contributed by atoms with Crippen molar-refractivity contribution in [2.45, 2.75) is 12.6 Å². The highest BCUT2D eigenvalue weighted by molar-refractivity contribution is 7.07. The first-order chi connectivity index (χ1) is 13.2. The van der Waals surface area contributed by atoms with E-state index in [2.05, 4.69) is 10.6 Å². The molecule has 8 nitrogen and oxygen atoms in total. The summed E-state index contributed by atoms with van der Waals surface area (Å²) in [5.74, 6) is -0.210. The van der Waals surface area contributed by atoms with Gasteiger partial charge < -0.3 is 30.0 Å². The van der Waals surface area contributed by atoms with Gasteiger partial charge in [-0.1, -0.05) is 6.07 Å². The highest BCUT2D eigenvalue weighted by Gasteiger charge is 2.19. The first-order valence-electron chi connectivity index (χ1n) is 8.36. The Bertz CT molecular complexity index is 780. The van der Waals surface area contributed by atoms with Gasteiger partial charge in [-0.2, -0.15) is 11.3 Å². The Kier molecular flexibility index (Phi) is 6.64. The number of aliphatic hydroxyl groups excluding tert-OH is 1. The van der Waals surface area contributed by atoms with Gasteiger partial charge in [-0.15, -0.1) is 0 Å². The summed E-state index contributed by atoms with van der Waals surface area (Å²) in [6.07, 6.45) is -0.422. The van der Waals surface area contributed by atoms with Gasteiger partial charge in [0.2, 0.25) is 6.79 Å². The number of hydrogen-bond acceptors (Lipinski definition) is 7. The van der Waals surface area contributed by atoms with Crippen LogP contribution in [-0.4, -0.2) is 43.5 Å². The molecular formula is C18H20N2O6S. The van der Waals surface area contributed by atoms with Crippen molar-refractivity contribution >= 4 is 23.2 Å². The number of fused-ring (bicyclic) bond motifs is 1. The van der Waals surface area contributed by atoms with Gasteiger partial charge in [-0.05, 0) is 40.1 Å². The Labute approximate surface area is 160 Å². The van der Waals surface area contributed by atoms with Crippen LogP contribution in [0, 0.1) is 0 Å². The molecule has 27 heavy (non-hydrogen) atoms. The van der Waals surface area contributed by atoms with Gasteiger partial charge >= 0.3 is 11.8 Å². The zero-order chi connectivity index (χ0) is 19.1. The van der Waals surface area contributed by atoms with Crippen molar-refractivity contribution in [2.75, 3.05) is 26.6 Å². The van der Waals surface area contributed by atoms with E-state index < -0.39 is 17.9 Å². The Morgan fingerprint density at radius 1 is 1.19 bits per heavy atom. The van der Waals surface area contributed by atoms with E-state index >= 15 is 0 Å². The molecule has 0 unspecified atom stereocenters. The minimum absolute atomic E-state index is 0.120. The predicted octanol–water partition coefficient (Wildman–Crippen LogP) is 0.959. The molecule has 1 aliphatic heterocycles. The van der Waals surface area contributed by atoms with E-state index in [-0.39, 0.29) is 33.1 Å². The number of hydrogen-bond donors (Lipinski definition) is 3. The van der Waals surface area contributed by atoms with Crippen LogP contribution in [0.1, 0.15) is 17.2 Å². The van der Waals surface area contributed by atoms with Crippen LogP contribution in [0.3, 0.4) is 0 Å². The number of ether oxygens (including phenoxy) is 3. The van der Waals surface area contributed by atoms with Crippen molar-refractivity contribution in [3.05, 3.63) is 46.2 Å². The van der Waals surface area contributed by atoms with Crippen LogP contribution in [0.5, 0.6) is 11.5 Å². The number of carbonyl (C=O) groups is 2. The summed E-state index contributed by atoms with van der Waals surface area (Å²) >= 11 is 1.50. The first kappa shape index (κ1) is 19.2. The van der Waals surface area contributed by atoms with E-state index in [4.69, 9.17) is 19.3 Å². The Morgan fingerprint density at radius 2 is 2.00 bits per heavy atom. The fourth-order valence-electron chi connectivity index (χ4n) is 2.51. The van der Waals surface area contributed by atoms with Gasteiger partial charge in [0.25, 0.3) is 0 Å². The van der Waals surface area contributed by atoms with E-state index in [1.165, 1.54) is 11.3 Å². The van der Waals surface area contributed by atoms with Gasteiger partial charge in [0.15, 0.2) is 11.5 Å². The molecule has 144 valence electrons. The Balaban J connectivity index is 1.47. The number of nitrogens with one attached hydrogen (secondary N) is 2. The molecule has 0 spiro atoms. The summed E-state index contributed by atoms with van der Waals surface area (Å²) in [5, 5.41) is 17.8. The standard InChI is InChI=1S/C18H20N2O6S/c21-4-5-24-16(13-3-6-27-10-13)9-20-18(23)17(22)19-8-12-1-2-14-15(7-12)26-11-25-14/h1-3,6-7,10,16,21H,4-5,8-9,11H2,(H,19,22)(H,20,23)/t16-/m0/s1. The molecule has 0 radical (unpaired) electrons. The number of rotatable bonds is 8. The van der Waals surface area contributed by atoms with E-state index in [9.17, 15) is 9.59 Å². The van der Waals surface area contributed by atoms with Crippen LogP contribution < -0.4 is 20.1 Å². The number of carbonyl (C=O) groups excluding carboxylic acids is 2. The van der Waals surface area contributed by atoms with Crippen LogP contribution >= 0.6 is 11.3 Å². The third-order valence-electron chi connectivity index (χ3n) is 3.87. The highest BCUT2D eigenvalue weighted by atomic mass is 32.1. The summed E-state index contributed by atoms with van der Waals surface area (Å²) in [6.45, 7) is 0.527. The lowest BCUT2D eigenvalue weighted by molar-refractivity contribution is -0.139. The minimum Gasteiger partial charge on any atom is -0.454 e. The topological polar surface area (TPSA) is 106 Å². The lowest BCUT2D eigenvalue weighted by Gasteiger charge is -2.17. The van der Waals surface area contributed by atoms with Gasteiger partial charge in [-0.25, -0.2) is 0 Å². The molecule has 0 fully saturated rings. The van der Waals surface area contributed by atoms with Crippen LogP contribution in [0.4, 0.5) is 0 Å². The van der Waals surface area contributed by atoms with Crippen molar-refractivity contribution in [3.8, 4) is 11.5 Å². The molecule has 2 heterocycles. The summed E-state index contributed by atoms with van der Waals surface area (Å²) in [4.78, 5) is 24.0. The quantitative estimate of drug-likeness (QED) is 0.578. The first-order valence-corrected chi connectivity index (χ1v) is 9.30. The molecular weight excluding hydrogens is 372 g/mol. The van der Waals surface area contributed by atoms with Crippen LogP contribution in [0.25, 0.3) is 0 Å². The van der Waals surface area contributed by atoms with Crippen molar-refractivity contribution in [3.63, 3.8) is 0 Å². The fraction of sp³-hybridized carbons (Fsp3) is 0.333. The minimum atomic E-state index is -0.747. The van der Waals surface area contributed by atoms with Crippen molar-refractivity contribution < 1.29 is 28.9 Å². The van der Waals surface area contributed by atoms with Crippen molar-refractivity contribution in [1.29, 1.82) is 0 Å². The molecule has 0 saturated heterocycles. The van der Waals surface area contributed by atoms with E-state index in [0.717, 1.165) is 11.1 Å². The molecule has 1 atom stereocenters. The van der Waals surface area contributed by atoms with E-state index in [1.54, 1.807) is 18.2 Å². The molecule has 3 rings (SSSR count). The largest absolute Gasteiger partial charge is 0.454 e. The zero-order valence-corrected chi connectivity index (χ0v) is 15.3. The molecule has 0 bridgehead atoms. The van der Waals surface area contributed by atoms with Gasteiger partial charge in [0, 0.05) is 13.1 Å². The monoisotopic (exact) mass is 392 g/mol. The molecule has 1 aromatic heterocycles. The Hall–Kier alpha value is -2.62. The zero-order valence-electron chi connectivity index (χ0n) is 14.5. The molecule has 1 aromatic carbocycles. The highest BCUT2D eigenvalue weighted by Crippen LogP contribution is 2.32. The third kappa shape index (κ3) is 5.19. The fourth-order valence-corrected chi connectivity index (χ4v) is 3.21. The normalized spacial score (nSPS) is 13.2. The third-order valence-corrected chi connectivity index (χ3v) is 4.57. The molecule has 9 heteroatoms. The van der Waals surface area contributed by atoms with Crippen LogP contribution in [0.15, 0.2) is 35.0 Å². The summed E-state index contributed by atoms with van der Waals surface area (Å²) in [5.41, 5.74) is 1.68. The maximum absolute atomic E-state index is 12.0. The summed E-state index contributed by atoms with van der Waals surface area (Å²) < 4.78 is 16.0. The maximum atomic E-state index is 12.0. The molecule has 2 aromatic rings. The lowest BCUT2D eigenvalue weighted by Crippen LogP contribution is -2.41. The SMILES string of the molecule is O=C(NCc1ccc2c(c1)OCO2)C(=O)NC[C@H](OCCO)c1ccsc1. The second-order valence-corrected chi connectivity index (χ2v) is 6.50.